The lowest BCUT2D eigenvalue weighted by atomic mass is 9.63. The highest BCUT2D eigenvalue weighted by Gasteiger charge is 2.67. The van der Waals surface area contributed by atoms with E-state index in [0.717, 1.165) is 28.4 Å². The monoisotopic (exact) mass is 351 g/mol. The molecule has 0 radical (unpaired) electrons. The van der Waals surface area contributed by atoms with E-state index in [1.807, 2.05) is 0 Å². The molecule has 25 heavy (non-hydrogen) atoms. The predicted octanol–water partition coefficient (Wildman–Crippen LogP) is -0.400. The first-order valence-corrected chi connectivity index (χ1v) is 7.19. The average Bonchev–Trinajstić information content (AvgIpc) is 3.01. The molecule has 2 rings (SSSR count). The summed E-state index contributed by atoms with van der Waals surface area (Å²) >= 11 is 0. The number of fused-ring (bicyclic) bond motifs is 1. The van der Waals surface area contributed by atoms with Gasteiger partial charge >= 0.3 is 23.9 Å². The van der Waals surface area contributed by atoms with Gasteiger partial charge in [-0.05, 0) is 0 Å². The Morgan fingerprint density at radius 3 is 2.12 bits per heavy atom. The van der Waals surface area contributed by atoms with Crippen molar-refractivity contribution in [1.82, 2.24) is 0 Å². The molecule has 0 aromatic carbocycles. The standard InChI is InChI=1S/C16H17NO8/c1-22-12(18)8-6-5-7-9-16(8,15(21)25-4)10(13(19)23-2)11(17-9)14(20)24-3/h5-7,9-10H,1-4H3/t9-,10+,16-/m1/s1. The van der Waals surface area contributed by atoms with E-state index in [1.165, 1.54) is 18.2 Å². The van der Waals surface area contributed by atoms with E-state index < -0.39 is 41.3 Å². The zero-order chi connectivity index (χ0) is 18.8. The van der Waals surface area contributed by atoms with Crippen LogP contribution in [0.2, 0.25) is 0 Å². The highest BCUT2D eigenvalue weighted by Crippen LogP contribution is 2.50. The van der Waals surface area contributed by atoms with Gasteiger partial charge in [-0.15, -0.1) is 0 Å². The Kier molecular flexibility index (Phi) is 5.05. The molecule has 1 heterocycles. The number of nitrogens with zero attached hydrogens (tertiary/aromatic N) is 1. The largest absolute Gasteiger partial charge is 0.468 e. The average molecular weight is 351 g/mol. The summed E-state index contributed by atoms with van der Waals surface area (Å²) in [7, 11) is 4.44. The first-order valence-electron chi connectivity index (χ1n) is 7.19. The molecule has 0 aromatic heterocycles. The minimum atomic E-state index is -1.91. The molecule has 0 N–H and O–H groups in total. The first-order chi connectivity index (χ1) is 11.9. The highest BCUT2D eigenvalue weighted by atomic mass is 16.5. The normalized spacial score (nSPS) is 26.7. The molecule has 0 unspecified atom stereocenters. The second kappa shape index (κ2) is 6.88. The number of allylic oxidation sites excluding steroid dienone is 2. The van der Waals surface area contributed by atoms with Crippen LogP contribution in [0.15, 0.2) is 28.8 Å². The molecule has 0 bridgehead atoms. The molecule has 0 amide bonds. The summed E-state index contributed by atoms with van der Waals surface area (Å²) in [6, 6.07) is -1.03. The number of esters is 4. The number of carbonyl (C=O) groups is 4. The van der Waals surface area contributed by atoms with Gasteiger partial charge in [0.05, 0.1) is 40.1 Å². The Labute approximate surface area is 143 Å². The van der Waals surface area contributed by atoms with E-state index in [4.69, 9.17) is 14.2 Å². The summed E-state index contributed by atoms with van der Waals surface area (Å²) in [4.78, 5) is 53.8. The van der Waals surface area contributed by atoms with E-state index in [0.29, 0.717) is 0 Å². The lowest BCUT2D eigenvalue weighted by Crippen LogP contribution is -2.53. The molecule has 0 fully saturated rings. The molecule has 0 saturated heterocycles. The van der Waals surface area contributed by atoms with E-state index in [1.54, 1.807) is 0 Å². The second-order valence-corrected chi connectivity index (χ2v) is 5.22. The topological polar surface area (TPSA) is 118 Å². The van der Waals surface area contributed by atoms with Gasteiger partial charge in [-0.2, -0.15) is 0 Å². The summed E-state index contributed by atoms with van der Waals surface area (Å²) < 4.78 is 19.0. The van der Waals surface area contributed by atoms with Crippen molar-refractivity contribution >= 4 is 29.6 Å². The van der Waals surface area contributed by atoms with Gasteiger partial charge in [0.1, 0.15) is 17.0 Å². The number of methoxy groups -OCH3 is 4. The van der Waals surface area contributed by atoms with Crippen molar-refractivity contribution in [3.8, 4) is 0 Å². The molecule has 0 saturated carbocycles. The molecule has 2 aliphatic rings. The summed E-state index contributed by atoms with van der Waals surface area (Å²) in [5.41, 5.74) is -2.40. The van der Waals surface area contributed by atoms with Gasteiger partial charge in [0.25, 0.3) is 0 Å². The molecule has 0 aromatic rings. The quantitative estimate of drug-likeness (QED) is 0.496. The maximum absolute atomic E-state index is 12.8. The van der Waals surface area contributed by atoms with Gasteiger partial charge in [-0.25, -0.2) is 9.59 Å². The number of hydrogen-bond acceptors (Lipinski definition) is 9. The van der Waals surface area contributed by atoms with E-state index in [9.17, 15) is 19.2 Å². The van der Waals surface area contributed by atoms with Gasteiger partial charge < -0.3 is 18.9 Å². The molecular formula is C16H17NO8. The van der Waals surface area contributed by atoms with Crippen LogP contribution in [0.1, 0.15) is 0 Å². The van der Waals surface area contributed by atoms with Gasteiger partial charge in [0.2, 0.25) is 0 Å². The fourth-order valence-electron chi connectivity index (χ4n) is 3.17. The van der Waals surface area contributed by atoms with Crippen molar-refractivity contribution in [3.63, 3.8) is 0 Å². The van der Waals surface area contributed by atoms with Crippen molar-refractivity contribution in [2.75, 3.05) is 28.4 Å². The van der Waals surface area contributed by atoms with E-state index in [-0.39, 0.29) is 11.3 Å². The first kappa shape index (κ1) is 18.4. The van der Waals surface area contributed by atoms with Crippen molar-refractivity contribution in [2.45, 2.75) is 6.04 Å². The fourth-order valence-corrected chi connectivity index (χ4v) is 3.17. The molecule has 9 heteroatoms. The third-order valence-corrected chi connectivity index (χ3v) is 4.24. The van der Waals surface area contributed by atoms with Crippen LogP contribution in [-0.4, -0.2) is 64.1 Å². The van der Waals surface area contributed by atoms with Gasteiger partial charge in [-0.1, -0.05) is 18.2 Å². The molecule has 9 nitrogen and oxygen atoms in total. The van der Waals surface area contributed by atoms with Crippen LogP contribution in [0, 0.1) is 11.3 Å². The number of hydrogen-bond donors (Lipinski definition) is 0. The minimum Gasteiger partial charge on any atom is -0.468 e. The Hall–Kier alpha value is -2.97. The van der Waals surface area contributed by atoms with Crippen molar-refractivity contribution in [3.05, 3.63) is 23.8 Å². The molecule has 3 atom stereocenters. The smallest absolute Gasteiger partial charge is 0.352 e. The molecular weight excluding hydrogens is 334 g/mol. The Bertz CT molecular complexity index is 720. The lowest BCUT2D eigenvalue weighted by Gasteiger charge is -2.36. The van der Waals surface area contributed by atoms with Crippen LogP contribution in [0.4, 0.5) is 0 Å². The number of rotatable bonds is 4. The maximum atomic E-state index is 12.8. The van der Waals surface area contributed by atoms with Crippen LogP contribution < -0.4 is 0 Å². The fraction of sp³-hybridized carbons (Fsp3) is 0.438. The lowest BCUT2D eigenvalue weighted by molar-refractivity contribution is -0.162. The maximum Gasteiger partial charge on any atom is 0.352 e. The van der Waals surface area contributed by atoms with Crippen LogP contribution in [0.25, 0.3) is 0 Å². The number of ether oxygens (including phenoxy) is 4. The van der Waals surface area contributed by atoms with Gasteiger partial charge in [-0.3, -0.25) is 14.6 Å². The third-order valence-electron chi connectivity index (χ3n) is 4.24. The molecule has 0 spiro atoms. The van der Waals surface area contributed by atoms with Gasteiger partial charge in [0, 0.05) is 0 Å². The van der Waals surface area contributed by atoms with Crippen molar-refractivity contribution in [2.24, 2.45) is 16.3 Å². The van der Waals surface area contributed by atoms with Crippen LogP contribution in [-0.2, 0) is 38.1 Å². The van der Waals surface area contributed by atoms with Crippen LogP contribution in [0.3, 0.4) is 0 Å². The van der Waals surface area contributed by atoms with Crippen molar-refractivity contribution < 1.29 is 38.1 Å². The number of aliphatic imine (C=N–C) groups is 1. The summed E-state index contributed by atoms with van der Waals surface area (Å²) in [6.45, 7) is 0. The predicted molar refractivity (Wildman–Crippen MR) is 82.4 cm³/mol. The molecule has 1 aliphatic heterocycles. The van der Waals surface area contributed by atoms with Gasteiger partial charge in [0.15, 0.2) is 0 Å². The van der Waals surface area contributed by atoms with Crippen LogP contribution >= 0.6 is 0 Å². The molecule has 1 aliphatic carbocycles. The molecule has 134 valence electrons. The summed E-state index contributed by atoms with van der Waals surface area (Å²) in [6.07, 6.45) is 4.29. The van der Waals surface area contributed by atoms with E-state index in [2.05, 4.69) is 9.73 Å². The second-order valence-electron chi connectivity index (χ2n) is 5.22. The highest BCUT2D eigenvalue weighted by molar-refractivity contribution is 6.42. The Balaban J connectivity index is 2.78. The van der Waals surface area contributed by atoms with Crippen LogP contribution in [0.5, 0.6) is 0 Å². The SMILES string of the molecule is COC(=O)C1=CC=C[C@H]2N=C(C(=O)OC)[C@@H](C(=O)OC)[C@@]12C(=O)OC. The number of carbonyl (C=O) groups excluding carboxylic acids is 4. The Morgan fingerprint density at radius 2 is 1.60 bits per heavy atom. The summed E-state index contributed by atoms with van der Waals surface area (Å²) in [5, 5.41) is 0. The third kappa shape index (κ3) is 2.51. The minimum absolute atomic E-state index is 0.160. The zero-order valence-corrected chi connectivity index (χ0v) is 14.1. The van der Waals surface area contributed by atoms with Crippen molar-refractivity contribution in [1.29, 1.82) is 0 Å². The summed E-state index contributed by atoms with van der Waals surface area (Å²) in [5.74, 6) is -5.13. The zero-order valence-electron chi connectivity index (χ0n) is 14.1. The van der Waals surface area contributed by atoms with E-state index >= 15 is 0 Å². The Morgan fingerprint density at radius 1 is 0.960 bits per heavy atom.